The molecule has 0 saturated heterocycles. The molecule has 1 rings (SSSR count). The van der Waals surface area contributed by atoms with E-state index in [1.54, 1.807) is 0 Å². The van der Waals surface area contributed by atoms with Crippen molar-refractivity contribution in [3.05, 3.63) is 17.7 Å². The summed E-state index contributed by atoms with van der Waals surface area (Å²) in [6.07, 6.45) is 3.07. The molecule has 1 aromatic rings. The average molecular weight is 196 g/mol. The molecular weight excluding hydrogens is 180 g/mol. The number of carbonyl (C=O) groups excluding carboxylic acids is 1. The van der Waals surface area contributed by atoms with Crippen molar-refractivity contribution in [3.63, 3.8) is 0 Å². The molecule has 0 radical (unpaired) electrons. The summed E-state index contributed by atoms with van der Waals surface area (Å²) in [7, 11) is 1.41. The lowest BCUT2D eigenvalue weighted by molar-refractivity contribution is -0.140. The van der Waals surface area contributed by atoms with Crippen molar-refractivity contribution < 1.29 is 9.53 Å². The second-order valence-electron chi connectivity index (χ2n) is 3.29. The average Bonchev–Trinajstić information content (AvgIpc) is 2.49. The summed E-state index contributed by atoms with van der Waals surface area (Å²) >= 11 is 0. The van der Waals surface area contributed by atoms with E-state index in [2.05, 4.69) is 14.3 Å². The molecular formula is C10H16N2O2. The molecule has 4 heteroatoms. The van der Waals surface area contributed by atoms with Gasteiger partial charge in [-0.25, -0.2) is 4.98 Å². The van der Waals surface area contributed by atoms with Crippen LogP contribution in [-0.4, -0.2) is 22.6 Å². The molecule has 0 amide bonds. The largest absolute Gasteiger partial charge is 0.469 e. The van der Waals surface area contributed by atoms with E-state index in [4.69, 9.17) is 0 Å². The van der Waals surface area contributed by atoms with E-state index in [0.29, 0.717) is 6.42 Å². The molecule has 0 saturated carbocycles. The summed E-state index contributed by atoms with van der Waals surface area (Å²) < 4.78 is 6.61. The summed E-state index contributed by atoms with van der Waals surface area (Å²) in [5, 5.41) is 0. The summed E-state index contributed by atoms with van der Waals surface area (Å²) in [5.41, 5.74) is 2.21. The van der Waals surface area contributed by atoms with Gasteiger partial charge in [0, 0.05) is 18.7 Å². The molecule has 1 aromatic heterocycles. The number of nitrogens with zero attached hydrogens (tertiary/aromatic N) is 2. The number of imidazole rings is 1. The maximum absolute atomic E-state index is 10.8. The van der Waals surface area contributed by atoms with Crippen LogP contribution in [0.3, 0.4) is 0 Å². The fourth-order valence-corrected chi connectivity index (χ4v) is 1.27. The fraction of sp³-hybridized carbons (Fsp3) is 0.600. The van der Waals surface area contributed by atoms with Crippen molar-refractivity contribution >= 4 is 5.97 Å². The normalized spacial score (nSPS) is 10.2. The van der Waals surface area contributed by atoms with Crippen molar-refractivity contribution in [1.29, 1.82) is 0 Å². The van der Waals surface area contributed by atoms with Gasteiger partial charge in [0.15, 0.2) is 0 Å². The van der Waals surface area contributed by atoms with Crippen LogP contribution in [0.5, 0.6) is 0 Å². The molecule has 0 atom stereocenters. The van der Waals surface area contributed by atoms with E-state index < -0.39 is 0 Å². The molecule has 0 unspecified atom stereocenters. The third-order valence-electron chi connectivity index (χ3n) is 2.35. The molecule has 0 aromatic carbocycles. The topological polar surface area (TPSA) is 44.1 Å². The van der Waals surface area contributed by atoms with E-state index in [9.17, 15) is 4.79 Å². The van der Waals surface area contributed by atoms with Crippen molar-refractivity contribution in [3.8, 4) is 0 Å². The highest BCUT2D eigenvalue weighted by molar-refractivity contribution is 5.68. The Hall–Kier alpha value is -1.32. The predicted octanol–water partition coefficient (Wildman–Crippen LogP) is 1.45. The van der Waals surface area contributed by atoms with Crippen LogP contribution in [-0.2, 0) is 16.1 Å². The third-order valence-corrected chi connectivity index (χ3v) is 2.35. The molecule has 78 valence electrons. The Kier molecular flexibility index (Phi) is 3.68. The van der Waals surface area contributed by atoms with Crippen LogP contribution in [0.15, 0.2) is 6.33 Å². The number of carbonyl (C=O) groups is 1. The lowest BCUT2D eigenvalue weighted by Gasteiger charge is -2.04. The Bertz CT molecular complexity index is 318. The molecule has 0 bridgehead atoms. The van der Waals surface area contributed by atoms with Crippen LogP contribution in [0.25, 0.3) is 0 Å². The van der Waals surface area contributed by atoms with Gasteiger partial charge in [-0.2, -0.15) is 0 Å². The maximum Gasteiger partial charge on any atom is 0.305 e. The van der Waals surface area contributed by atoms with E-state index in [-0.39, 0.29) is 5.97 Å². The molecule has 14 heavy (non-hydrogen) atoms. The number of rotatable bonds is 4. The zero-order valence-electron chi connectivity index (χ0n) is 8.91. The molecule has 0 N–H and O–H groups in total. The van der Waals surface area contributed by atoms with Gasteiger partial charge in [-0.05, 0) is 20.3 Å². The highest BCUT2D eigenvalue weighted by Gasteiger charge is 2.03. The maximum atomic E-state index is 10.8. The first-order chi connectivity index (χ1) is 6.65. The first-order valence-corrected chi connectivity index (χ1v) is 4.70. The van der Waals surface area contributed by atoms with Crippen LogP contribution >= 0.6 is 0 Å². The minimum absolute atomic E-state index is 0.153. The number of methoxy groups -OCH3 is 1. The lowest BCUT2D eigenvalue weighted by Crippen LogP contribution is -2.04. The van der Waals surface area contributed by atoms with Crippen molar-refractivity contribution in [2.75, 3.05) is 7.11 Å². The lowest BCUT2D eigenvalue weighted by atomic mass is 10.3. The highest BCUT2D eigenvalue weighted by Crippen LogP contribution is 2.06. The smallest absolute Gasteiger partial charge is 0.305 e. The Morgan fingerprint density at radius 1 is 1.57 bits per heavy atom. The van der Waals surface area contributed by atoms with Crippen LogP contribution in [0.1, 0.15) is 24.2 Å². The summed E-state index contributed by atoms with van der Waals surface area (Å²) in [4.78, 5) is 15.0. The predicted molar refractivity (Wildman–Crippen MR) is 53.0 cm³/mol. The number of hydrogen-bond acceptors (Lipinski definition) is 3. The van der Waals surface area contributed by atoms with Gasteiger partial charge in [0.2, 0.25) is 0 Å². The number of aromatic nitrogens is 2. The second kappa shape index (κ2) is 4.79. The Morgan fingerprint density at radius 3 is 2.79 bits per heavy atom. The minimum atomic E-state index is -0.153. The first-order valence-electron chi connectivity index (χ1n) is 4.70. The molecule has 1 heterocycles. The van der Waals surface area contributed by atoms with Crippen molar-refractivity contribution in [2.24, 2.45) is 0 Å². The zero-order valence-corrected chi connectivity index (χ0v) is 8.91. The van der Waals surface area contributed by atoms with E-state index in [0.717, 1.165) is 24.4 Å². The monoisotopic (exact) mass is 196 g/mol. The summed E-state index contributed by atoms with van der Waals surface area (Å²) in [5.74, 6) is -0.153. The first kappa shape index (κ1) is 10.8. The van der Waals surface area contributed by atoms with E-state index in [1.165, 1.54) is 7.11 Å². The van der Waals surface area contributed by atoms with E-state index in [1.807, 2.05) is 20.2 Å². The zero-order chi connectivity index (χ0) is 10.6. The van der Waals surface area contributed by atoms with Gasteiger partial charge < -0.3 is 9.30 Å². The summed E-state index contributed by atoms with van der Waals surface area (Å²) in [6, 6.07) is 0. The van der Waals surface area contributed by atoms with Crippen molar-refractivity contribution in [2.45, 2.75) is 33.2 Å². The SMILES string of the molecule is COC(=O)CCCn1cnc(C)c1C. The van der Waals surface area contributed by atoms with Crippen LogP contribution in [0, 0.1) is 13.8 Å². The van der Waals surface area contributed by atoms with Gasteiger partial charge >= 0.3 is 5.97 Å². The third kappa shape index (κ3) is 2.58. The molecule has 4 nitrogen and oxygen atoms in total. The second-order valence-corrected chi connectivity index (χ2v) is 3.29. The number of esters is 1. The van der Waals surface area contributed by atoms with Gasteiger partial charge in [0.25, 0.3) is 0 Å². The number of aryl methyl sites for hydroxylation is 2. The van der Waals surface area contributed by atoms with Crippen LogP contribution in [0.2, 0.25) is 0 Å². The van der Waals surface area contributed by atoms with Gasteiger partial charge in [-0.1, -0.05) is 0 Å². The quantitative estimate of drug-likeness (QED) is 0.685. The standard InChI is InChI=1S/C10H16N2O2/c1-8-9(2)12(7-11-8)6-4-5-10(13)14-3/h7H,4-6H2,1-3H3. The molecule has 0 spiro atoms. The highest BCUT2D eigenvalue weighted by atomic mass is 16.5. The molecule has 0 aliphatic carbocycles. The fourth-order valence-electron chi connectivity index (χ4n) is 1.27. The van der Waals surface area contributed by atoms with E-state index >= 15 is 0 Å². The molecule has 0 fully saturated rings. The van der Waals surface area contributed by atoms with Gasteiger partial charge in [-0.15, -0.1) is 0 Å². The Labute approximate surface area is 83.9 Å². The van der Waals surface area contributed by atoms with Gasteiger partial charge in [0.05, 0.1) is 19.1 Å². The summed E-state index contributed by atoms with van der Waals surface area (Å²) in [6.45, 7) is 4.83. The Morgan fingerprint density at radius 2 is 2.29 bits per heavy atom. The molecule has 0 aliphatic heterocycles. The van der Waals surface area contributed by atoms with Crippen LogP contribution in [0.4, 0.5) is 0 Å². The molecule has 0 aliphatic rings. The van der Waals surface area contributed by atoms with Gasteiger partial charge in [-0.3, -0.25) is 4.79 Å². The minimum Gasteiger partial charge on any atom is -0.469 e. The number of ether oxygens (including phenoxy) is 1. The van der Waals surface area contributed by atoms with Gasteiger partial charge in [0.1, 0.15) is 0 Å². The van der Waals surface area contributed by atoms with Crippen molar-refractivity contribution in [1.82, 2.24) is 9.55 Å². The number of hydrogen-bond donors (Lipinski definition) is 0. The Balaban J connectivity index is 2.39. The van der Waals surface area contributed by atoms with Crippen LogP contribution < -0.4 is 0 Å².